The summed E-state index contributed by atoms with van der Waals surface area (Å²) < 4.78 is 0. The molecule has 4 nitrogen and oxygen atoms in total. The first-order valence-corrected chi connectivity index (χ1v) is 5.67. The molecular formula is C14H12N4. The van der Waals surface area contributed by atoms with Gasteiger partial charge in [-0.1, -0.05) is 18.2 Å². The van der Waals surface area contributed by atoms with E-state index < -0.39 is 0 Å². The average molecular weight is 236 g/mol. The number of aryl methyl sites for hydroxylation is 1. The lowest BCUT2D eigenvalue weighted by Crippen LogP contribution is -1.88. The molecule has 2 aromatic heterocycles. The Morgan fingerprint density at radius 2 is 2.06 bits per heavy atom. The van der Waals surface area contributed by atoms with Gasteiger partial charge in [0.15, 0.2) is 0 Å². The number of nitriles is 1. The van der Waals surface area contributed by atoms with Gasteiger partial charge in [-0.2, -0.15) is 5.26 Å². The van der Waals surface area contributed by atoms with Gasteiger partial charge >= 0.3 is 0 Å². The highest BCUT2D eigenvalue weighted by Crippen LogP contribution is 2.35. The van der Waals surface area contributed by atoms with Gasteiger partial charge in [0.1, 0.15) is 17.5 Å². The van der Waals surface area contributed by atoms with Crippen LogP contribution in [0, 0.1) is 18.3 Å². The Bertz CT molecular complexity index is 771. The van der Waals surface area contributed by atoms with Crippen LogP contribution in [-0.4, -0.2) is 9.97 Å². The van der Waals surface area contributed by atoms with Crippen LogP contribution in [0.5, 0.6) is 0 Å². The number of H-pyrrole nitrogens is 2. The maximum atomic E-state index is 9.19. The lowest BCUT2D eigenvalue weighted by atomic mass is 10.0. The van der Waals surface area contributed by atoms with Crippen LogP contribution in [0.4, 0.5) is 5.82 Å². The fourth-order valence-electron chi connectivity index (χ4n) is 2.38. The lowest BCUT2D eigenvalue weighted by molar-refractivity contribution is 1.30. The molecule has 4 heteroatoms. The summed E-state index contributed by atoms with van der Waals surface area (Å²) in [4.78, 5) is 6.23. The molecule has 0 spiro atoms. The van der Waals surface area contributed by atoms with Gasteiger partial charge in [-0.25, -0.2) is 0 Å². The number of rotatable bonds is 1. The van der Waals surface area contributed by atoms with Crippen molar-refractivity contribution in [3.63, 3.8) is 0 Å². The summed E-state index contributed by atoms with van der Waals surface area (Å²) in [5, 5.41) is 10.3. The molecule has 3 aromatic rings. The van der Waals surface area contributed by atoms with E-state index >= 15 is 0 Å². The number of para-hydroxylation sites is 1. The maximum Gasteiger partial charge on any atom is 0.119 e. The molecule has 0 aliphatic carbocycles. The van der Waals surface area contributed by atoms with Crippen LogP contribution in [0.3, 0.4) is 0 Å². The quantitative estimate of drug-likeness (QED) is 0.607. The molecule has 0 saturated carbocycles. The highest BCUT2D eigenvalue weighted by atomic mass is 14.8. The third-order valence-electron chi connectivity index (χ3n) is 3.19. The summed E-state index contributed by atoms with van der Waals surface area (Å²) in [6.07, 6.45) is 1.79. The van der Waals surface area contributed by atoms with Crippen LogP contribution in [0.1, 0.15) is 11.3 Å². The van der Waals surface area contributed by atoms with Crippen LogP contribution < -0.4 is 5.73 Å². The molecule has 1 aromatic carbocycles. The molecule has 4 N–H and O–H groups in total. The molecule has 2 heterocycles. The summed E-state index contributed by atoms with van der Waals surface area (Å²) in [5.74, 6) is 0.414. The Morgan fingerprint density at radius 1 is 1.28 bits per heavy atom. The number of nitrogens with two attached hydrogens (primary N) is 1. The van der Waals surface area contributed by atoms with Crippen LogP contribution in [0.25, 0.3) is 22.0 Å². The summed E-state index contributed by atoms with van der Waals surface area (Å²) in [6, 6.07) is 10.2. The van der Waals surface area contributed by atoms with E-state index in [0.717, 1.165) is 27.7 Å². The van der Waals surface area contributed by atoms with E-state index in [-0.39, 0.29) is 0 Å². The van der Waals surface area contributed by atoms with Crippen molar-refractivity contribution in [2.24, 2.45) is 0 Å². The maximum absolute atomic E-state index is 9.19. The topological polar surface area (TPSA) is 81.4 Å². The molecule has 0 bridgehead atoms. The first-order chi connectivity index (χ1) is 8.72. The summed E-state index contributed by atoms with van der Waals surface area (Å²) in [6.45, 7) is 2.00. The third-order valence-corrected chi connectivity index (χ3v) is 3.19. The van der Waals surface area contributed by atoms with Gasteiger partial charge < -0.3 is 15.7 Å². The number of nitrogens with zero attached hydrogens (tertiary/aromatic N) is 1. The molecule has 3 rings (SSSR count). The summed E-state index contributed by atoms with van der Waals surface area (Å²) in [7, 11) is 0. The normalized spacial score (nSPS) is 10.7. The van der Waals surface area contributed by atoms with Crippen molar-refractivity contribution < 1.29 is 0 Å². The molecule has 0 radical (unpaired) electrons. The lowest BCUT2D eigenvalue weighted by Gasteiger charge is -1.99. The molecule has 0 aliphatic heterocycles. The summed E-state index contributed by atoms with van der Waals surface area (Å²) >= 11 is 0. The highest BCUT2D eigenvalue weighted by molar-refractivity contribution is 5.99. The van der Waals surface area contributed by atoms with E-state index in [9.17, 15) is 5.26 Å². The number of nitrogens with one attached hydrogen (secondary N) is 2. The van der Waals surface area contributed by atoms with Crippen LogP contribution in [0.2, 0.25) is 0 Å². The van der Waals surface area contributed by atoms with E-state index in [1.54, 1.807) is 6.20 Å². The Morgan fingerprint density at radius 3 is 2.83 bits per heavy atom. The third kappa shape index (κ3) is 1.31. The number of nitrogen functional groups attached to an aromatic ring is 1. The van der Waals surface area contributed by atoms with E-state index in [4.69, 9.17) is 5.73 Å². The zero-order chi connectivity index (χ0) is 12.7. The minimum atomic E-state index is 0.414. The minimum Gasteiger partial charge on any atom is -0.384 e. The van der Waals surface area contributed by atoms with Crippen LogP contribution in [0.15, 0.2) is 30.5 Å². The monoisotopic (exact) mass is 236 g/mol. The Labute approximate surface area is 104 Å². The Hall–Kier alpha value is -2.67. The van der Waals surface area contributed by atoms with Gasteiger partial charge in [0.25, 0.3) is 0 Å². The first kappa shape index (κ1) is 10.5. The number of aromatic amines is 2. The predicted molar refractivity (Wildman–Crippen MR) is 71.9 cm³/mol. The van der Waals surface area contributed by atoms with Gasteiger partial charge in [-0.05, 0) is 13.0 Å². The standard InChI is InChI=1S/C14H12N4/c1-8-13(9-4-2-3-5-12(9)18-8)11-7-17-14(16)10(11)6-15/h2-5,7,17-18H,16H2,1H3. The smallest absolute Gasteiger partial charge is 0.119 e. The molecule has 0 unspecified atom stereocenters. The second kappa shape index (κ2) is 3.67. The van der Waals surface area contributed by atoms with Crippen molar-refractivity contribution in [3.05, 3.63) is 41.7 Å². The second-order valence-corrected chi connectivity index (χ2v) is 4.27. The zero-order valence-electron chi connectivity index (χ0n) is 9.91. The fraction of sp³-hybridized carbons (Fsp3) is 0.0714. The van der Waals surface area contributed by atoms with Crippen molar-refractivity contribution in [1.29, 1.82) is 5.26 Å². The van der Waals surface area contributed by atoms with Crippen LogP contribution in [-0.2, 0) is 0 Å². The summed E-state index contributed by atoms with van der Waals surface area (Å²) in [5.41, 5.74) is 10.3. The van der Waals surface area contributed by atoms with E-state index in [1.807, 2.05) is 31.2 Å². The van der Waals surface area contributed by atoms with Crippen molar-refractivity contribution in [3.8, 4) is 17.2 Å². The van der Waals surface area contributed by atoms with Gasteiger partial charge in [0.05, 0.1) is 0 Å². The SMILES string of the molecule is Cc1[nH]c2ccccc2c1-c1c[nH]c(N)c1C#N. The zero-order valence-corrected chi connectivity index (χ0v) is 9.91. The molecule has 88 valence electrons. The average Bonchev–Trinajstić information content (AvgIpc) is 2.88. The first-order valence-electron chi connectivity index (χ1n) is 5.67. The Balaban J connectivity index is 2.39. The molecule has 0 aliphatic rings. The molecule has 18 heavy (non-hydrogen) atoms. The van der Waals surface area contributed by atoms with Crippen molar-refractivity contribution in [2.45, 2.75) is 6.92 Å². The van der Waals surface area contributed by atoms with Crippen molar-refractivity contribution >= 4 is 16.7 Å². The number of aromatic nitrogens is 2. The number of hydrogen-bond donors (Lipinski definition) is 3. The second-order valence-electron chi connectivity index (χ2n) is 4.27. The van der Waals surface area contributed by atoms with Gasteiger partial charge in [0.2, 0.25) is 0 Å². The fourth-order valence-corrected chi connectivity index (χ4v) is 2.38. The largest absolute Gasteiger partial charge is 0.384 e. The minimum absolute atomic E-state index is 0.414. The van der Waals surface area contributed by atoms with Crippen molar-refractivity contribution in [1.82, 2.24) is 9.97 Å². The van der Waals surface area contributed by atoms with Crippen molar-refractivity contribution in [2.75, 3.05) is 5.73 Å². The predicted octanol–water partition coefficient (Wildman–Crippen LogP) is 2.93. The van der Waals surface area contributed by atoms with E-state index in [2.05, 4.69) is 16.0 Å². The molecule has 0 atom stereocenters. The Kier molecular flexibility index (Phi) is 2.14. The number of hydrogen-bond acceptors (Lipinski definition) is 2. The number of fused-ring (bicyclic) bond motifs is 1. The molecule has 0 saturated heterocycles. The van der Waals surface area contributed by atoms with Crippen LogP contribution >= 0.6 is 0 Å². The number of anilines is 1. The molecule has 0 amide bonds. The van der Waals surface area contributed by atoms with E-state index in [1.165, 1.54) is 0 Å². The van der Waals surface area contributed by atoms with Gasteiger partial charge in [-0.15, -0.1) is 0 Å². The van der Waals surface area contributed by atoms with Gasteiger partial charge in [0, 0.05) is 33.9 Å². The molecular weight excluding hydrogens is 224 g/mol. The number of benzene rings is 1. The highest BCUT2D eigenvalue weighted by Gasteiger charge is 2.16. The van der Waals surface area contributed by atoms with E-state index in [0.29, 0.717) is 11.4 Å². The van der Waals surface area contributed by atoms with Gasteiger partial charge in [-0.3, -0.25) is 0 Å². The molecule has 0 fully saturated rings.